The summed E-state index contributed by atoms with van der Waals surface area (Å²) in [5.41, 5.74) is 6.85. The SMILES string of the molecule is CCCCNN=Cc1ccc(C2=NOC(CC3(OCc4ccccc4)CCN(CC(=O)O)CC3)C2)cc1. The van der Waals surface area contributed by atoms with E-state index < -0.39 is 5.97 Å². The molecule has 37 heavy (non-hydrogen) atoms. The molecule has 2 aliphatic rings. The molecule has 8 heteroatoms. The molecule has 1 fully saturated rings. The molecule has 0 aliphatic carbocycles. The summed E-state index contributed by atoms with van der Waals surface area (Å²) < 4.78 is 6.57. The molecule has 0 saturated carbocycles. The molecule has 2 aromatic rings. The molecular formula is C29H38N4O4. The fraction of sp³-hybridized carbons (Fsp3) is 0.483. The third-order valence-corrected chi connectivity index (χ3v) is 7.04. The zero-order valence-electron chi connectivity index (χ0n) is 21.6. The number of hydrogen-bond acceptors (Lipinski definition) is 7. The molecule has 0 bridgehead atoms. The van der Waals surface area contributed by atoms with Crippen LogP contribution in [0.4, 0.5) is 0 Å². The topological polar surface area (TPSA) is 95.8 Å². The Labute approximate surface area is 219 Å². The van der Waals surface area contributed by atoms with Gasteiger partial charge in [-0.2, -0.15) is 5.10 Å². The number of nitrogens with zero attached hydrogens (tertiary/aromatic N) is 3. The average Bonchev–Trinajstić information content (AvgIpc) is 3.38. The van der Waals surface area contributed by atoms with E-state index in [9.17, 15) is 9.90 Å². The third kappa shape index (κ3) is 8.13. The van der Waals surface area contributed by atoms with Gasteiger partial charge in [-0.1, -0.05) is 73.1 Å². The van der Waals surface area contributed by atoms with Gasteiger partial charge in [0.15, 0.2) is 0 Å². The van der Waals surface area contributed by atoms with Crippen molar-refractivity contribution in [3.63, 3.8) is 0 Å². The first-order chi connectivity index (χ1) is 18.0. The second kappa shape index (κ2) is 13.4. The standard InChI is InChI=1S/C29H38N4O4/c1-2-3-15-30-31-20-23-9-11-25(12-10-23)27-18-26(37-32-27)19-29(36-22-24-7-5-4-6-8-24)13-16-33(17-14-29)21-28(34)35/h4-12,20,26,30H,2-3,13-19,21-22H2,1H3,(H,34,35). The van der Waals surface area contributed by atoms with Crippen molar-refractivity contribution in [1.29, 1.82) is 0 Å². The van der Waals surface area contributed by atoms with Crippen LogP contribution in [0.25, 0.3) is 0 Å². The number of piperidine rings is 1. The van der Waals surface area contributed by atoms with Gasteiger partial charge in [0, 0.05) is 32.5 Å². The highest BCUT2D eigenvalue weighted by atomic mass is 16.6. The Morgan fingerprint density at radius 1 is 1.22 bits per heavy atom. The molecule has 8 nitrogen and oxygen atoms in total. The highest BCUT2D eigenvalue weighted by Crippen LogP contribution is 2.35. The van der Waals surface area contributed by atoms with E-state index in [1.807, 2.05) is 41.4 Å². The van der Waals surface area contributed by atoms with Gasteiger partial charge in [0.25, 0.3) is 0 Å². The Kier molecular flexibility index (Phi) is 9.68. The van der Waals surface area contributed by atoms with Gasteiger partial charge in [-0.3, -0.25) is 9.69 Å². The average molecular weight is 507 g/mol. The maximum Gasteiger partial charge on any atom is 0.317 e. The van der Waals surface area contributed by atoms with Gasteiger partial charge >= 0.3 is 5.97 Å². The lowest BCUT2D eigenvalue weighted by Crippen LogP contribution is -2.49. The van der Waals surface area contributed by atoms with Crippen LogP contribution in [-0.2, 0) is 21.0 Å². The van der Waals surface area contributed by atoms with Gasteiger partial charge in [-0.15, -0.1) is 0 Å². The number of carbonyl (C=O) groups is 1. The Balaban J connectivity index is 1.34. The second-order valence-corrected chi connectivity index (χ2v) is 9.94. The summed E-state index contributed by atoms with van der Waals surface area (Å²) in [5.74, 6) is -0.792. The Morgan fingerprint density at radius 3 is 2.68 bits per heavy atom. The van der Waals surface area contributed by atoms with E-state index in [2.05, 4.69) is 46.9 Å². The Bertz CT molecular complexity index is 1050. The maximum absolute atomic E-state index is 11.2. The number of benzene rings is 2. The van der Waals surface area contributed by atoms with E-state index in [1.165, 1.54) is 0 Å². The number of aliphatic carboxylic acids is 1. The summed E-state index contributed by atoms with van der Waals surface area (Å²) in [4.78, 5) is 19.0. The zero-order valence-corrected chi connectivity index (χ0v) is 21.6. The van der Waals surface area contributed by atoms with Crippen LogP contribution >= 0.6 is 0 Å². The first-order valence-corrected chi connectivity index (χ1v) is 13.3. The van der Waals surface area contributed by atoms with Crippen LogP contribution in [0.2, 0.25) is 0 Å². The number of oxime groups is 1. The van der Waals surface area contributed by atoms with Gasteiger partial charge < -0.3 is 20.1 Å². The number of rotatable bonds is 13. The molecule has 1 saturated heterocycles. The summed E-state index contributed by atoms with van der Waals surface area (Å²) in [6, 6.07) is 18.4. The lowest BCUT2D eigenvalue weighted by molar-refractivity contribution is -0.143. The van der Waals surface area contributed by atoms with Gasteiger partial charge in [0.1, 0.15) is 6.10 Å². The van der Waals surface area contributed by atoms with E-state index >= 15 is 0 Å². The predicted molar refractivity (Wildman–Crippen MR) is 145 cm³/mol. The van der Waals surface area contributed by atoms with E-state index in [-0.39, 0.29) is 18.2 Å². The van der Waals surface area contributed by atoms with E-state index in [0.717, 1.165) is 67.5 Å². The first-order valence-electron chi connectivity index (χ1n) is 13.3. The molecule has 2 N–H and O–H groups in total. The minimum Gasteiger partial charge on any atom is -0.480 e. The Morgan fingerprint density at radius 2 is 1.97 bits per heavy atom. The summed E-state index contributed by atoms with van der Waals surface area (Å²) in [6.45, 7) is 5.02. The molecule has 0 amide bonds. The number of likely N-dealkylation sites (tertiary alicyclic amines) is 1. The zero-order chi connectivity index (χ0) is 25.9. The lowest BCUT2D eigenvalue weighted by Gasteiger charge is -2.42. The van der Waals surface area contributed by atoms with Crippen molar-refractivity contribution >= 4 is 17.9 Å². The maximum atomic E-state index is 11.2. The second-order valence-electron chi connectivity index (χ2n) is 9.94. The number of unbranched alkanes of at least 4 members (excludes halogenated alkanes) is 1. The summed E-state index contributed by atoms with van der Waals surface area (Å²) in [5, 5.41) is 17.9. The molecule has 4 rings (SSSR count). The smallest absolute Gasteiger partial charge is 0.317 e. The van der Waals surface area contributed by atoms with Crippen LogP contribution in [0, 0.1) is 0 Å². The van der Waals surface area contributed by atoms with Gasteiger partial charge in [-0.05, 0) is 36.0 Å². The number of carboxylic acid groups (broad SMARTS) is 1. The molecule has 0 spiro atoms. The summed E-state index contributed by atoms with van der Waals surface area (Å²) in [7, 11) is 0. The molecule has 1 unspecified atom stereocenters. The fourth-order valence-electron chi connectivity index (χ4n) is 4.85. The lowest BCUT2D eigenvalue weighted by atomic mass is 9.84. The molecule has 2 aliphatic heterocycles. The number of hydrogen-bond donors (Lipinski definition) is 2. The van der Waals surface area contributed by atoms with Gasteiger partial charge in [-0.25, -0.2) is 0 Å². The summed E-state index contributed by atoms with van der Waals surface area (Å²) in [6.07, 6.45) is 7.00. The van der Waals surface area contributed by atoms with Crippen molar-refractivity contribution in [3.05, 3.63) is 71.3 Å². The fourth-order valence-corrected chi connectivity index (χ4v) is 4.85. The van der Waals surface area contributed by atoms with Crippen molar-refractivity contribution < 1.29 is 19.5 Å². The van der Waals surface area contributed by atoms with Crippen LogP contribution in [0.15, 0.2) is 64.9 Å². The van der Waals surface area contributed by atoms with Crippen LogP contribution in [-0.4, -0.2) is 65.8 Å². The quantitative estimate of drug-likeness (QED) is 0.237. The molecule has 0 aromatic heterocycles. The van der Waals surface area contributed by atoms with Crippen molar-refractivity contribution in [1.82, 2.24) is 10.3 Å². The van der Waals surface area contributed by atoms with Crippen LogP contribution in [0.1, 0.15) is 62.1 Å². The molecule has 0 radical (unpaired) electrons. The van der Waals surface area contributed by atoms with Gasteiger partial charge in [0.05, 0.1) is 30.7 Å². The van der Waals surface area contributed by atoms with E-state index in [4.69, 9.17) is 9.57 Å². The molecule has 2 heterocycles. The monoisotopic (exact) mass is 506 g/mol. The van der Waals surface area contributed by atoms with E-state index in [1.54, 1.807) is 0 Å². The molecular weight excluding hydrogens is 468 g/mol. The minimum absolute atomic E-state index is 0.0669. The number of hydrazone groups is 1. The normalized spacial score (nSPS) is 19.5. The number of carboxylic acids is 1. The van der Waals surface area contributed by atoms with Crippen molar-refractivity contribution in [2.24, 2.45) is 10.3 Å². The number of ether oxygens (including phenoxy) is 1. The minimum atomic E-state index is -0.792. The van der Waals surface area contributed by atoms with Crippen LogP contribution < -0.4 is 5.43 Å². The highest BCUT2D eigenvalue weighted by Gasteiger charge is 2.40. The molecule has 1 atom stereocenters. The van der Waals surface area contributed by atoms with Crippen molar-refractivity contribution in [3.8, 4) is 0 Å². The molecule has 198 valence electrons. The summed E-state index contributed by atoms with van der Waals surface area (Å²) >= 11 is 0. The largest absolute Gasteiger partial charge is 0.480 e. The number of nitrogens with one attached hydrogen (secondary N) is 1. The van der Waals surface area contributed by atoms with E-state index in [0.29, 0.717) is 19.7 Å². The predicted octanol–water partition coefficient (Wildman–Crippen LogP) is 4.43. The molecule has 2 aromatic carbocycles. The third-order valence-electron chi connectivity index (χ3n) is 7.04. The first kappa shape index (κ1) is 26.8. The van der Waals surface area contributed by atoms with Crippen LogP contribution in [0.5, 0.6) is 0 Å². The highest BCUT2D eigenvalue weighted by molar-refractivity contribution is 6.01. The van der Waals surface area contributed by atoms with Gasteiger partial charge in [0.2, 0.25) is 0 Å². The van der Waals surface area contributed by atoms with Crippen molar-refractivity contribution in [2.75, 3.05) is 26.2 Å². The Hall–Kier alpha value is -3.23. The van der Waals surface area contributed by atoms with Crippen LogP contribution in [0.3, 0.4) is 0 Å². The van der Waals surface area contributed by atoms with Crippen molar-refractivity contribution in [2.45, 2.75) is 63.8 Å².